The molecule has 0 aromatic heterocycles. The van der Waals surface area contributed by atoms with Crippen molar-refractivity contribution in [2.24, 2.45) is 5.41 Å². The Kier molecular flexibility index (Phi) is 8.11. The van der Waals surface area contributed by atoms with Gasteiger partial charge in [0, 0.05) is 5.92 Å². The standard InChI is InChI=1S/C26H31N3O6/c1-26(2,3)12-21(24(32)33)29-23(31)14-27-22(30)13-28-25(34)35-15-20-18-10-6-4-8-16(18)17-9-5-7-11-19(17)20/h4-11,20-21H,12-15H2,1-3H3,(H,27,30)(H,28,34)(H,29,31)(H,32,33). The number of ether oxygens (including phenoxy) is 1. The van der Waals surface area contributed by atoms with E-state index in [-0.39, 0.29) is 30.9 Å². The number of carbonyl (C=O) groups is 4. The topological polar surface area (TPSA) is 134 Å². The van der Waals surface area contributed by atoms with Crippen molar-refractivity contribution in [3.05, 3.63) is 59.7 Å². The first kappa shape index (κ1) is 25.7. The van der Waals surface area contributed by atoms with Crippen LogP contribution in [0.3, 0.4) is 0 Å². The van der Waals surface area contributed by atoms with Gasteiger partial charge in [-0.05, 0) is 34.1 Å². The minimum atomic E-state index is -1.14. The minimum Gasteiger partial charge on any atom is -0.480 e. The van der Waals surface area contributed by atoms with Gasteiger partial charge in [-0.3, -0.25) is 9.59 Å². The second-order valence-electron chi connectivity index (χ2n) is 9.68. The van der Waals surface area contributed by atoms with Gasteiger partial charge in [0.2, 0.25) is 11.8 Å². The van der Waals surface area contributed by atoms with Crippen molar-refractivity contribution >= 4 is 23.9 Å². The van der Waals surface area contributed by atoms with Gasteiger partial charge >= 0.3 is 12.1 Å². The van der Waals surface area contributed by atoms with Gasteiger partial charge in [-0.2, -0.15) is 0 Å². The molecule has 0 heterocycles. The molecule has 0 fully saturated rings. The molecule has 186 valence electrons. The number of alkyl carbamates (subject to hydrolysis) is 1. The van der Waals surface area contributed by atoms with E-state index < -0.39 is 36.5 Å². The summed E-state index contributed by atoms with van der Waals surface area (Å²) in [5.41, 5.74) is 4.09. The van der Waals surface area contributed by atoms with Crippen LogP contribution in [-0.4, -0.2) is 54.7 Å². The summed E-state index contributed by atoms with van der Waals surface area (Å²) >= 11 is 0. The van der Waals surface area contributed by atoms with Gasteiger partial charge in [-0.25, -0.2) is 9.59 Å². The highest BCUT2D eigenvalue weighted by atomic mass is 16.5. The lowest BCUT2D eigenvalue weighted by Crippen LogP contribution is -2.48. The van der Waals surface area contributed by atoms with Crippen LogP contribution in [0.5, 0.6) is 0 Å². The molecule has 2 aromatic carbocycles. The number of fused-ring (bicyclic) bond motifs is 3. The first-order valence-electron chi connectivity index (χ1n) is 11.4. The van der Waals surface area contributed by atoms with Gasteiger partial charge in [0.25, 0.3) is 0 Å². The summed E-state index contributed by atoms with van der Waals surface area (Å²) in [5.74, 6) is -2.47. The maximum absolute atomic E-state index is 12.2. The molecule has 0 radical (unpaired) electrons. The Bertz CT molecular complexity index is 1060. The largest absolute Gasteiger partial charge is 0.480 e. The summed E-state index contributed by atoms with van der Waals surface area (Å²) in [6, 6.07) is 14.9. The van der Waals surface area contributed by atoms with E-state index in [1.807, 2.05) is 69.3 Å². The highest BCUT2D eigenvalue weighted by Gasteiger charge is 2.29. The van der Waals surface area contributed by atoms with Crippen molar-refractivity contribution in [2.45, 2.75) is 39.2 Å². The lowest BCUT2D eigenvalue weighted by atomic mass is 9.88. The van der Waals surface area contributed by atoms with E-state index in [1.54, 1.807) is 0 Å². The summed E-state index contributed by atoms with van der Waals surface area (Å²) in [6.07, 6.45) is -0.506. The molecule has 1 unspecified atom stereocenters. The van der Waals surface area contributed by atoms with Gasteiger partial charge in [-0.1, -0.05) is 69.3 Å². The van der Waals surface area contributed by atoms with Gasteiger partial charge in [0.05, 0.1) is 6.54 Å². The Morgan fingerprint density at radius 1 is 0.886 bits per heavy atom. The average Bonchev–Trinajstić information content (AvgIpc) is 3.12. The van der Waals surface area contributed by atoms with Crippen LogP contribution in [-0.2, 0) is 19.1 Å². The van der Waals surface area contributed by atoms with Crippen LogP contribution >= 0.6 is 0 Å². The molecule has 0 spiro atoms. The second-order valence-corrected chi connectivity index (χ2v) is 9.68. The Morgan fingerprint density at radius 2 is 1.43 bits per heavy atom. The highest BCUT2D eigenvalue weighted by molar-refractivity contribution is 5.89. The number of benzene rings is 2. The maximum atomic E-state index is 12.2. The van der Waals surface area contributed by atoms with E-state index in [9.17, 15) is 24.3 Å². The van der Waals surface area contributed by atoms with E-state index in [1.165, 1.54) is 0 Å². The van der Waals surface area contributed by atoms with Crippen LogP contribution < -0.4 is 16.0 Å². The fourth-order valence-corrected chi connectivity index (χ4v) is 4.10. The van der Waals surface area contributed by atoms with Crippen LogP contribution in [0.1, 0.15) is 44.2 Å². The van der Waals surface area contributed by atoms with Crippen LogP contribution in [0.4, 0.5) is 4.79 Å². The Hall–Kier alpha value is -3.88. The number of hydrogen-bond acceptors (Lipinski definition) is 5. The van der Waals surface area contributed by atoms with Crippen molar-refractivity contribution in [2.75, 3.05) is 19.7 Å². The maximum Gasteiger partial charge on any atom is 0.407 e. The number of amides is 3. The third kappa shape index (κ3) is 7.05. The zero-order valence-corrected chi connectivity index (χ0v) is 20.1. The molecule has 0 saturated heterocycles. The van der Waals surface area contributed by atoms with Crippen molar-refractivity contribution in [3.63, 3.8) is 0 Å². The van der Waals surface area contributed by atoms with Gasteiger partial charge in [0.15, 0.2) is 0 Å². The quantitative estimate of drug-likeness (QED) is 0.435. The zero-order valence-electron chi connectivity index (χ0n) is 20.1. The van der Waals surface area contributed by atoms with Crippen molar-refractivity contribution < 1.29 is 29.0 Å². The van der Waals surface area contributed by atoms with Crippen molar-refractivity contribution in [1.29, 1.82) is 0 Å². The van der Waals surface area contributed by atoms with E-state index in [0.29, 0.717) is 0 Å². The normalized spacial score (nSPS) is 13.2. The molecular weight excluding hydrogens is 450 g/mol. The van der Waals surface area contributed by atoms with E-state index >= 15 is 0 Å². The molecule has 3 rings (SSSR count). The molecule has 0 saturated carbocycles. The van der Waals surface area contributed by atoms with Crippen LogP contribution in [0.2, 0.25) is 0 Å². The second kappa shape index (κ2) is 11.0. The number of aliphatic carboxylic acids is 1. The van der Waals surface area contributed by atoms with Crippen LogP contribution in [0, 0.1) is 5.41 Å². The van der Waals surface area contributed by atoms with Crippen molar-refractivity contribution in [1.82, 2.24) is 16.0 Å². The third-order valence-corrected chi connectivity index (χ3v) is 5.63. The first-order valence-corrected chi connectivity index (χ1v) is 11.4. The number of rotatable bonds is 9. The third-order valence-electron chi connectivity index (χ3n) is 5.63. The summed E-state index contributed by atoms with van der Waals surface area (Å²) in [5, 5.41) is 16.4. The molecule has 35 heavy (non-hydrogen) atoms. The molecule has 9 heteroatoms. The molecule has 0 bridgehead atoms. The predicted molar refractivity (Wildman–Crippen MR) is 130 cm³/mol. The number of carboxylic acid groups (broad SMARTS) is 1. The molecular formula is C26H31N3O6. The lowest BCUT2D eigenvalue weighted by Gasteiger charge is -2.24. The van der Waals surface area contributed by atoms with E-state index in [2.05, 4.69) is 16.0 Å². The predicted octanol–water partition coefficient (Wildman–Crippen LogP) is 2.65. The Morgan fingerprint density at radius 3 is 1.97 bits per heavy atom. The fourth-order valence-electron chi connectivity index (χ4n) is 4.10. The Labute approximate surface area is 204 Å². The number of hydrogen-bond donors (Lipinski definition) is 4. The monoisotopic (exact) mass is 481 g/mol. The van der Waals surface area contributed by atoms with E-state index in [0.717, 1.165) is 22.3 Å². The molecule has 4 N–H and O–H groups in total. The summed E-state index contributed by atoms with van der Waals surface area (Å²) in [7, 11) is 0. The summed E-state index contributed by atoms with van der Waals surface area (Å²) < 4.78 is 5.37. The molecule has 3 amide bonds. The number of nitrogens with one attached hydrogen (secondary N) is 3. The lowest BCUT2D eigenvalue weighted by molar-refractivity contribution is -0.142. The summed E-state index contributed by atoms with van der Waals surface area (Å²) in [6.45, 7) is 4.94. The Balaban J connectivity index is 1.42. The van der Waals surface area contributed by atoms with Crippen molar-refractivity contribution in [3.8, 4) is 11.1 Å². The highest BCUT2D eigenvalue weighted by Crippen LogP contribution is 2.44. The number of carboxylic acids is 1. The van der Waals surface area contributed by atoms with Crippen LogP contribution in [0.25, 0.3) is 11.1 Å². The molecule has 0 aliphatic heterocycles. The molecule has 1 atom stereocenters. The first-order chi connectivity index (χ1) is 16.5. The zero-order chi connectivity index (χ0) is 25.6. The van der Waals surface area contributed by atoms with Crippen LogP contribution in [0.15, 0.2) is 48.5 Å². The smallest absolute Gasteiger partial charge is 0.407 e. The molecule has 1 aliphatic rings. The molecule has 2 aromatic rings. The van der Waals surface area contributed by atoms with Gasteiger partial charge in [0.1, 0.15) is 19.2 Å². The molecule has 9 nitrogen and oxygen atoms in total. The number of carbonyl (C=O) groups excluding carboxylic acids is 3. The van der Waals surface area contributed by atoms with Gasteiger partial charge in [-0.15, -0.1) is 0 Å². The SMILES string of the molecule is CC(C)(C)CC(NC(=O)CNC(=O)CNC(=O)OCC1c2ccccc2-c2ccccc21)C(=O)O. The molecule has 1 aliphatic carbocycles. The summed E-state index contributed by atoms with van der Waals surface area (Å²) in [4.78, 5) is 47.6. The van der Waals surface area contributed by atoms with Gasteiger partial charge < -0.3 is 25.8 Å². The minimum absolute atomic E-state index is 0.0963. The van der Waals surface area contributed by atoms with E-state index in [4.69, 9.17) is 4.74 Å². The fraction of sp³-hybridized carbons (Fsp3) is 0.385. The average molecular weight is 482 g/mol.